The Kier molecular flexibility index (Phi) is 3.09. The highest BCUT2D eigenvalue weighted by atomic mass is 16.2. The number of carbonyl (C=O) groups excluding carboxylic acids is 1. The van der Waals surface area contributed by atoms with Gasteiger partial charge in [-0.05, 0) is 45.3 Å². The molecular weight excluding hydrogens is 214 g/mol. The summed E-state index contributed by atoms with van der Waals surface area (Å²) in [7, 11) is 2.13. The molecule has 0 N–H and O–H groups in total. The fourth-order valence-electron chi connectivity index (χ4n) is 3.46. The topological polar surface area (TPSA) is 26.8 Å². The van der Waals surface area contributed by atoms with Crippen LogP contribution >= 0.6 is 0 Å². The second kappa shape index (κ2) is 4.58. The van der Waals surface area contributed by atoms with Crippen molar-refractivity contribution in [2.24, 2.45) is 5.92 Å². The number of amides is 1. The summed E-state index contributed by atoms with van der Waals surface area (Å²) < 4.78 is 0. The van der Waals surface area contributed by atoms with Gasteiger partial charge in [0.25, 0.3) is 0 Å². The van der Waals surface area contributed by atoms with Crippen molar-refractivity contribution in [1.29, 1.82) is 0 Å². The molecule has 0 aliphatic carbocycles. The van der Waals surface area contributed by atoms with Crippen LogP contribution in [-0.2, 0) is 4.79 Å². The van der Waals surface area contributed by atoms with Gasteiger partial charge in [0, 0.05) is 26.2 Å². The predicted octanol–water partition coefficient (Wildman–Crippen LogP) is 0.245. The van der Waals surface area contributed by atoms with E-state index in [4.69, 9.17) is 0 Å². The van der Waals surface area contributed by atoms with E-state index in [-0.39, 0.29) is 6.04 Å². The van der Waals surface area contributed by atoms with E-state index in [1.54, 1.807) is 0 Å². The molecule has 0 spiro atoms. The number of nitrogens with zero attached hydrogens (tertiary/aromatic N) is 3. The van der Waals surface area contributed by atoms with Crippen molar-refractivity contribution in [3.05, 3.63) is 0 Å². The zero-order valence-electron chi connectivity index (χ0n) is 10.8. The van der Waals surface area contributed by atoms with Crippen LogP contribution in [0.1, 0.15) is 19.3 Å². The lowest BCUT2D eigenvalue weighted by Crippen LogP contribution is -2.58. The first-order valence-corrected chi connectivity index (χ1v) is 6.95. The van der Waals surface area contributed by atoms with E-state index in [1.807, 2.05) is 0 Å². The summed E-state index contributed by atoms with van der Waals surface area (Å²) in [6.07, 6.45) is 3.74. The largest absolute Gasteiger partial charge is 0.339 e. The summed E-state index contributed by atoms with van der Waals surface area (Å²) in [5.74, 6) is 1.23. The Morgan fingerprint density at radius 2 is 1.65 bits per heavy atom. The average molecular weight is 237 g/mol. The highest BCUT2D eigenvalue weighted by molar-refractivity contribution is 5.82. The maximum atomic E-state index is 12.5. The quantitative estimate of drug-likeness (QED) is 0.654. The second-order valence-electron chi connectivity index (χ2n) is 5.86. The number of likely N-dealkylation sites (N-methyl/N-ethyl adjacent to an activating group) is 1. The van der Waals surface area contributed by atoms with Gasteiger partial charge < -0.3 is 9.80 Å². The van der Waals surface area contributed by atoms with Crippen molar-refractivity contribution in [3.63, 3.8) is 0 Å². The molecule has 4 heteroatoms. The molecule has 4 aliphatic rings. The predicted molar refractivity (Wildman–Crippen MR) is 66.8 cm³/mol. The Morgan fingerprint density at radius 3 is 2.18 bits per heavy atom. The molecule has 2 bridgehead atoms. The molecule has 0 saturated carbocycles. The van der Waals surface area contributed by atoms with Gasteiger partial charge in [-0.25, -0.2) is 0 Å². The SMILES string of the molecule is CN1CCN(C(=O)C2CC3CCN2CC3)CC1. The van der Waals surface area contributed by atoms with Crippen molar-refractivity contribution in [1.82, 2.24) is 14.7 Å². The standard InChI is InChI=1S/C13H23N3O/c1-14-6-8-16(9-7-14)13(17)12-10-11-2-4-15(12)5-3-11/h11-12H,2-10H2,1H3. The van der Waals surface area contributed by atoms with Crippen LogP contribution in [0, 0.1) is 5.92 Å². The van der Waals surface area contributed by atoms with E-state index in [9.17, 15) is 4.79 Å². The van der Waals surface area contributed by atoms with Gasteiger partial charge in [0.05, 0.1) is 6.04 Å². The molecule has 0 aromatic heterocycles. The summed E-state index contributed by atoms with van der Waals surface area (Å²) >= 11 is 0. The van der Waals surface area contributed by atoms with Crippen molar-refractivity contribution in [3.8, 4) is 0 Å². The van der Waals surface area contributed by atoms with Crippen LogP contribution in [0.2, 0.25) is 0 Å². The normalized spacial score (nSPS) is 38.4. The highest BCUT2D eigenvalue weighted by Gasteiger charge is 2.39. The van der Waals surface area contributed by atoms with E-state index in [0.29, 0.717) is 5.91 Å². The van der Waals surface area contributed by atoms with Crippen LogP contribution in [-0.4, -0.2) is 73.0 Å². The Balaban J connectivity index is 1.62. The Bertz CT molecular complexity index is 291. The Labute approximate surface area is 104 Å². The Hall–Kier alpha value is -0.610. The van der Waals surface area contributed by atoms with Crippen molar-refractivity contribution in [2.45, 2.75) is 25.3 Å². The molecule has 4 rings (SSSR count). The highest BCUT2D eigenvalue weighted by Crippen LogP contribution is 2.32. The summed E-state index contributed by atoms with van der Waals surface area (Å²) in [4.78, 5) is 19.3. The molecule has 0 aromatic carbocycles. The zero-order chi connectivity index (χ0) is 11.8. The molecular formula is C13H23N3O. The number of hydrogen-bond acceptors (Lipinski definition) is 3. The third-order valence-electron chi connectivity index (χ3n) is 4.75. The molecule has 4 aliphatic heterocycles. The molecule has 1 unspecified atom stereocenters. The number of carbonyl (C=O) groups is 1. The molecule has 0 aromatic rings. The van der Waals surface area contributed by atoms with Gasteiger partial charge in [-0.3, -0.25) is 9.69 Å². The Morgan fingerprint density at radius 1 is 1.00 bits per heavy atom. The molecule has 4 nitrogen and oxygen atoms in total. The minimum absolute atomic E-state index is 0.214. The smallest absolute Gasteiger partial charge is 0.240 e. The molecule has 4 saturated heterocycles. The maximum Gasteiger partial charge on any atom is 0.240 e. The van der Waals surface area contributed by atoms with Gasteiger partial charge in [0.2, 0.25) is 5.91 Å². The van der Waals surface area contributed by atoms with Gasteiger partial charge in [-0.2, -0.15) is 0 Å². The number of piperazine rings is 1. The van der Waals surface area contributed by atoms with E-state index in [2.05, 4.69) is 21.7 Å². The summed E-state index contributed by atoms with van der Waals surface area (Å²) in [6.45, 7) is 6.20. The first-order chi connectivity index (χ1) is 8.24. The van der Waals surface area contributed by atoms with Gasteiger partial charge in [0.15, 0.2) is 0 Å². The van der Waals surface area contributed by atoms with Crippen LogP contribution in [0.15, 0.2) is 0 Å². The fourth-order valence-corrected chi connectivity index (χ4v) is 3.46. The molecule has 4 heterocycles. The number of fused-ring (bicyclic) bond motifs is 3. The first-order valence-electron chi connectivity index (χ1n) is 6.95. The number of rotatable bonds is 1. The molecule has 0 radical (unpaired) electrons. The maximum absolute atomic E-state index is 12.5. The molecule has 1 amide bonds. The molecule has 17 heavy (non-hydrogen) atoms. The monoisotopic (exact) mass is 237 g/mol. The first kappa shape index (κ1) is 11.5. The minimum atomic E-state index is 0.214. The van der Waals surface area contributed by atoms with Crippen LogP contribution < -0.4 is 0 Å². The lowest BCUT2D eigenvalue weighted by molar-refractivity contribution is -0.142. The molecule has 4 fully saturated rings. The van der Waals surface area contributed by atoms with E-state index < -0.39 is 0 Å². The van der Waals surface area contributed by atoms with Crippen molar-refractivity contribution < 1.29 is 4.79 Å². The fraction of sp³-hybridized carbons (Fsp3) is 0.923. The third-order valence-corrected chi connectivity index (χ3v) is 4.75. The summed E-state index contributed by atoms with van der Waals surface area (Å²) in [5.41, 5.74) is 0. The lowest BCUT2D eigenvalue weighted by atomic mass is 9.83. The number of piperidine rings is 3. The minimum Gasteiger partial charge on any atom is -0.339 e. The van der Waals surface area contributed by atoms with Crippen molar-refractivity contribution >= 4 is 5.91 Å². The van der Waals surface area contributed by atoms with Crippen LogP contribution in [0.3, 0.4) is 0 Å². The van der Waals surface area contributed by atoms with Gasteiger partial charge in [-0.15, -0.1) is 0 Å². The van der Waals surface area contributed by atoms with Crippen LogP contribution in [0.25, 0.3) is 0 Å². The van der Waals surface area contributed by atoms with E-state index in [1.165, 1.54) is 12.8 Å². The van der Waals surface area contributed by atoms with Crippen LogP contribution in [0.4, 0.5) is 0 Å². The van der Waals surface area contributed by atoms with E-state index >= 15 is 0 Å². The van der Waals surface area contributed by atoms with E-state index in [0.717, 1.165) is 51.6 Å². The van der Waals surface area contributed by atoms with Crippen molar-refractivity contribution in [2.75, 3.05) is 46.3 Å². The average Bonchev–Trinajstić information content (AvgIpc) is 2.40. The zero-order valence-corrected chi connectivity index (χ0v) is 10.8. The molecule has 1 atom stereocenters. The van der Waals surface area contributed by atoms with Gasteiger partial charge in [0.1, 0.15) is 0 Å². The van der Waals surface area contributed by atoms with Gasteiger partial charge in [-0.1, -0.05) is 0 Å². The summed E-state index contributed by atoms with van der Waals surface area (Å²) in [6, 6.07) is 0.214. The second-order valence-corrected chi connectivity index (χ2v) is 5.86. The van der Waals surface area contributed by atoms with Crippen LogP contribution in [0.5, 0.6) is 0 Å². The lowest BCUT2D eigenvalue weighted by Gasteiger charge is -2.46. The molecule has 96 valence electrons. The third kappa shape index (κ3) is 2.20. The number of hydrogen-bond donors (Lipinski definition) is 0. The summed E-state index contributed by atoms with van der Waals surface area (Å²) in [5, 5.41) is 0. The van der Waals surface area contributed by atoms with Gasteiger partial charge >= 0.3 is 0 Å².